The van der Waals surface area contributed by atoms with Gasteiger partial charge in [0.15, 0.2) is 0 Å². The lowest BCUT2D eigenvalue weighted by atomic mass is 10.1. The average molecular weight is 239 g/mol. The molecule has 1 N–H and O–H groups in total. The number of halogens is 3. The van der Waals surface area contributed by atoms with E-state index in [2.05, 4.69) is 10.1 Å². The van der Waals surface area contributed by atoms with Crippen LogP contribution < -0.4 is 5.32 Å². The molecule has 2 nitrogen and oxygen atoms in total. The second-order valence-corrected chi connectivity index (χ2v) is 4.46. The molecule has 0 radical (unpaired) electrons. The fraction of sp³-hybridized carbons (Fsp3) is 1.00. The monoisotopic (exact) mass is 239 g/mol. The zero-order valence-corrected chi connectivity index (χ0v) is 9.65. The van der Waals surface area contributed by atoms with Crippen molar-refractivity contribution in [2.24, 2.45) is 5.92 Å². The van der Waals surface area contributed by atoms with Gasteiger partial charge in [0.25, 0.3) is 0 Å². The van der Waals surface area contributed by atoms with Gasteiger partial charge in [0.1, 0.15) is 6.61 Å². The lowest BCUT2D eigenvalue weighted by molar-refractivity contribution is -0.174. The summed E-state index contributed by atoms with van der Waals surface area (Å²) in [4.78, 5) is 0. The number of nitrogens with one attached hydrogen (secondary N) is 1. The van der Waals surface area contributed by atoms with Crippen LogP contribution in [0.3, 0.4) is 0 Å². The van der Waals surface area contributed by atoms with Crippen LogP contribution in [0.4, 0.5) is 13.2 Å². The molecule has 0 heterocycles. The van der Waals surface area contributed by atoms with Crippen molar-refractivity contribution < 1.29 is 17.9 Å². The van der Waals surface area contributed by atoms with Crippen LogP contribution in [-0.4, -0.2) is 32.5 Å². The van der Waals surface area contributed by atoms with E-state index in [1.54, 1.807) is 0 Å². The molecule has 0 aliphatic heterocycles. The number of alkyl halides is 3. The fourth-order valence-corrected chi connectivity index (χ4v) is 1.69. The van der Waals surface area contributed by atoms with E-state index in [1.807, 2.05) is 7.05 Å². The van der Waals surface area contributed by atoms with E-state index in [4.69, 9.17) is 0 Å². The summed E-state index contributed by atoms with van der Waals surface area (Å²) in [6.45, 7) is -0.957. The maximum atomic E-state index is 11.8. The lowest BCUT2D eigenvalue weighted by Crippen LogP contribution is -2.27. The Morgan fingerprint density at radius 3 is 2.50 bits per heavy atom. The van der Waals surface area contributed by atoms with E-state index in [9.17, 15) is 13.2 Å². The normalized spacial score (nSPS) is 18.8. The van der Waals surface area contributed by atoms with Crippen LogP contribution in [0.15, 0.2) is 0 Å². The highest BCUT2D eigenvalue weighted by atomic mass is 19.4. The molecule has 1 atom stereocenters. The average Bonchev–Trinajstić information content (AvgIpc) is 2.99. The van der Waals surface area contributed by atoms with Crippen LogP contribution in [0.1, 0.15) is 32.1 Å². The van der Waals surface area contributed by atoms with Crippen molar-refractivity contribution in [2.75, 3.05) is 20.3 Å². The molecule has 0 aromatic rings. The number of hydrogen-bond donors (Lipinski definition) is 1. The topological polar surface area (TPSA) is 21.3 Å². The van der Waals surface area contributed by atoms with Gasteiger partial charge in [0, 0.05) is 12.6 Å². The predicted octanol–water partition coefficient (Wildman–Crippen LogP) is 2.73. The van der Waals surface area contributed by atoms with Crippen LogP contribution in [0.25, 0.3) is 0 Å². The molecule has 16 heavy (non-hydrogen) atoms. The van der Waals surface area contributed by atoms with Crippen molar-refractivity contribution in [3.63, 3.8) is 0 Å². The van der Waals surface area contributed by atoms with Crippen molar-refractivity contribution in [1.82, 2.24) is 5.32 Å². The molecule has 1 saturated carbocycles. The number of hydrogen-bond acceptors (Lipinski definition) is 2. The van der Waals surface area contributed by atoms with E-state index in [0.717, 1.165) is 12.3 Å². The molecule has 0 amide bonds. The molecule has 1 unspecified atom stereocenters. The van der Waals surface area contributed by atoms with Gasteiger partial charge in [-0.25, -0.2) is 0 Å². The molecule has 1 fully saturated rings. The third kappa shape index (κ3) is 7.06. The maximum Gasteiger partial charge on any atom is 0.411 e. The summed E-state index contributed by atoms with van der Waals surface area (Å²) in [6, 6.07) is 0.286. The van der Waals surface area contributed by atoms with Gasteiger partial charge in [-0.3, -0.25) is 0 Å². The Labute approximate surface area is 94.5 Å². The van der Waals surface area contributed by atoms with Crippen LogP contribution in [-0.2, 0) is 4.74 Å². The smallest absolute Gasteiger partial charge is 0.372 e. The van der Waals surface area contributed by atoms with Crippen LogP contribution in [0.2, 0.25) is 0 Å². The highest BCUT2D eigenvalue weighted by Gasteiger charge is 2.27. The number of ether oxygens (including phenoxy) is 1. The maximum absolute atomic E-state index is 11.8. The van der Waals surface area contributed by atoms with E-state index in [0.29, 0.717) is 6.42 Å². The summed E-state index contributed by atoms with van der Waals surface area (Å²) < 4.78 is 39.9. The van der Waals surface area contributed by atoms with Gasteiger partial charge in [-0.15, -0.1) is 0 Å². The summed E-state index contributed by atoms with van der Waals surface area (Å²) in [5.74, 6) is 0.868. The largest absolute Gasteiger partial charge is 0.411 e. The first-order valence-electron chi connectivity index (χ1n) is 5.83. The van der Waals surface area contributed by atoms with Crippen LogP contribution in [0, 0.1) is 5.92 Å². The SMILES string of the molecule is CNC(CCOCC(F)(F)F)CCC1CC1. The molecular formula is C11H20F3NO. The summed E-state index contributed by atoms with van der Waals surface area (Å²) in [5, 5.41) is 3.12. The second kappa shape index (κ2) is 6.45. The van der Waals surface area contributed by atoms with Crippen molar-refractivity contribution in [1.29, 1.82) is 0 Å². The molecule has 0 saturated heterocycles. The Morgan fingerprint density at radius 1 is 1.31 bits per heavy atom. The van der Waals surface area contributed by atoms with E-state index in [-0.39, 0.29) is 12.6 Å². The van der Waals surface area contributed by atoms with E-state index < -0.39 is 12.8 Å². The molecular weight excluding hydrogens is 219 g/mol. The first-order valence-corrected chi connectivity index (χ1v) is 5.83. The van der Waals surface area contributed by atoms with Crippen LogP contribution >= 0.6 is 0 Å². The Kier molecular flexibility index (Phi) is 5.55. The molecule has 1 aliphatic rings. The summed E-state index contributed by atoms with van der Waals surface area (Å²) >= 11 is 0. The molecule has 5 heteroatoms. The predicted molar refractivity (Wildman–Crippen MR) is 56.3 cm³/mol. The van der Waals surface area contributed by atoms with Crippen LogP contribution in [0.5, 0.6) is 0 Å². The Morgan fingerprint density at radius 2 is 2.00 bits per heavy atom. The van der Waals surface area contributed by atoms with Gasteiger partial charge in [-0.1, -0.05) is 12.8 Å². The van der Waals surface area contributed by atoms with Gasteiger partial charge in [-0.2, -0.15) is 13.2 Å². The Hall–Kier alpha value is -0.290. The Bertz CT molecular complexity index is 192. The van der Waals surface area contributed by atoms with Gasteiger partial charge in [0.05, 0.1) is 0 Å². The summed E-state index contributed by atoms with van der Waals surface area (Å²) in [7, 11) is 1.85. The van der Waals surface area contributed by atoms with Crippen molar-refractivity contribution in [3.05, 3.63) is 0 Å². The molecule has 0 spiro atoms. The van der Waals surface area contributed by atoms with Gasteiger partial charge < -0.3 is 10.1 Å². The first kappa shape index (κ1) is 13.8. The van der Waals surface area contributed by atoms with Crippen molar-refractivity contribution in [2.45, 2.75) is 44.3 Å². The number of rotatable bonds is 8. The molecule has 96 valence electrons. The lowest BCUT2D eigenvalue weighted by Gasteiger charge is -2.16. The zero-order chi connectivity index (χ0) is 12.0. The Balaban J connectivity index is 1.99. The van der Waals surface area contributed by atoms with E-state index >= 15 is 0 Å². The summed E-state index contributed by atoms with van der Waals surface area (Å²) in [5.41, 5.74) is 0. The minimum Gasteiger partial charge on any atom is -0.372 e. The quantitative estimate of drug-likeness (QED) is 0.658. The van der Waals surface area contributed by atoms with Gasteiger partial charge in [-0.05, 0) is 32.2 Å². The zero-order valence-electron chi connectivity index (χ0n) is 9.65. The third-order valence-electron chi connectivity index (χ3n) is 2.90. The molecule has 1 rings (SSSR count). The molecule has 0 bridgehead atoms. The van der Waals surface area contributed by atoms with Gasteiger partial charge in [0.2, 0.25) is 0 Å². The van der Waals surface area contributed by atoms with Gasteiger partial charge >= 0.3 is 6.18 Å². The van der Waals surface area contributed by atoms with Crippen molar-refractivity contribution in [3.8, 4) is 0 Å². The van der Waals surface area contributed by atoms with Crippen molar-refractivity contribution >= 4 is 0 Å². The standard InChI is InChI=1S/C11H20F3NO/c1-15-10(5-4-9-2-3-9)6-7-16-8-11(12,13)14/h9-10,15H,2-8H2,1H3. The highest BCUT2D eigenvalue weighted by molar-refractivity contribution is 4.76. The fourth-order valence-electron chi connectivity index (χ4n) is 1.69. The molecule has 1 aliphatic carbocycles. The highest BCUT2D eigenvalue weighted by Crippen LogP contribution is 2.34. The molecule has 0 aromatic carbocycles. The first-order chi connectivity index (χ1) is 7.51. The second-order valence-electron chi connectivity index (χ2n) is 4.46. The minimum absolute atomic E-state index is 0.176. The van der Waals surface area contributed by atoms with E-state index in [1.165, 1.54) is 19.3 Å². The minimum atomic E-state index is -4.21. The summed E-state index contributed by atoms with van der Waals surface area (Å²) in [6.07, 6.45) is 1.31. The third-order valence-corrected chi connectivity index (χ3v) is 2.90. The molecule has 0 aromatic heterocycles.